The molecule has 0 amide bonds. The lowest BCUT2D eigenvalue weighted by Crippen LogP contribution is -1.93. The quantitative estimate of drug-likeness (QED) is 0.565. The molecule has 0 radical (unpaired) electrons. The van der Waals surface area contributed by atoms with Crippen LogP contribution in [-0.4, -0.2) is 13.1 Å². The molecule has 0 aliphatic rings. The molecular weight excluding hydrogens is 200 g/mol. The highest BCUT2D eigenvalue weighted by Crippen LogP contribution is 2.19. The summed E-state index contributed by atoms with van der Waals surface area (Å²) in [6.45, 7) is 0. The lowest BCUT2D eigenvalue weighted by molar-refractivity contribution is -0.134. The van der Waals surface area contributed by atoms with Crippen LogP contribution in [0.1, 0.15) is 5.56 Å². The predicted molar refractivity (Wildman–Crippen MR) is 65.0 cm³/mol. The van der Waals surface area contributed by atoms with Crippen LogP contribution < -0.4 is 0 Å². The molecule has 0 saturated heterocycles. The second kappa shape index (κ2) is 4.62. The number of hydrogen-bond acceptors (Lipinski definition) is 2. The van der Waals surface area contributed by atoms with Gasteiger partial charge in [-0.2, -0.15) is 0 Å². The normalized spacial score (nSPS) is 10.8. The summed E-state index contributed by atoms with van der Waals surface area (Å²) in [6, 6.07) is 14.1. The van der Waals surface area contributed by atoms with Crippen LogP contribution in [-0.2, 0) is 9.53 Å². The van der Waals surface area contributed by atoms with Gasteiger partial charge in [0, 0.05) is 6.08 Å². The Morgan fingerprint density at radius 1 is 1.12 bits per heavy atom. The molecule has 80 valence electrons. The second-order valence-corrected chi connectivity index (χ2v) is 3.42. The van der Waals surface area contributed by atoms with Gasteiger partial charge in [0.15, 0.2) is 0 Å². The number of rotatable bonds is 2. The Balaban J connectivity index is 2.45. The Kier molecular flexibility index (Phi) is 3.01. The summed E-state index contributed by atoms with van der Waals surface area (Å²) >= 11 is 0. The summed E-state index contributed by atoms with van der Waals surface area (Å²) in [6.07, 6.45) is 3.20. The third-order valence-corrected chi connectivity index (χ3v) is 2.42. The summed E-state index contributed by atoms with van der Waals surface area (Å²) in [5.74, 6) is -0.340. The van der Waals surface area contributed by atoms with Gasteiger partial charge >= 0.3 is 5.97 Å². The van der Waals surface area contributed by atoms with Gasteiger partial charge in [-0.1, -0.05) is 42.5 Å². The average Bonchev–Trinajstić information content (AvgIpc) is 2.35. The topological polar surface area (TPSA) is 26.3 Å². The molecule has 0 heterocycles. The van der Waals surface area contributed by atoms with Crippen LogP contribution in [0.25, 0.3) is 16.8 Å². The summed E-state index contributed by atoms with van der Waals surface area (Å²) in [7, 11) is 1.37. The fourth-order valence-corrected chi connectivity index (χ4v) is 1.62. The minimum absolute atomic E-state index is 0.340. The molecule has 2 nitrogen and oxygen atoms in total. The van der Waals surface area contributed by atoms with Gasteiger partial charge in [0.25, 0.3) is 0 Å². The van der Waals surface area contributed by atoms with Crippen LogP contribution in [0.3, 0.4) is 0 Å². The van der Waals surface area contributed by atoms with Crippen LogP contribution >= 0.6 is 0 Å². The van der Waals surface area contributed by atoms with Crippen molar-refractivity contribution in [3.05, 3.63) is 54.1 Å². The van der Waals surface area contributed by atoms with Gasteiger partial charge in [-0.05, 0) is 22.4 Å². The molecule has 0 unspecified atom stereocenters. The Morgan fingerprint density at radius 2 is 1.88 bits per heavy atom. The SMILES string of the molecule is COC(=O)/C=C/c1cccc2ccccc12. The third kappa shape index (κ3) is 2.11. The molecular formula is C14H12O2. The zero-order valence-corrected chi connectivity index (χ0v) is 9.01. The Morgan fingerprint density at radius 3 is 2.69 bits per heavy atom. The molecule has 16 heavy (non-hydrogen) atoms. The van der Waals surface area contributed by atoms with Crippen molar-refractivity contribution in [3.8, 4) is 0 Å². The van der Waals surface area contributed by atoms with E-state index in [4.69, 9.17) is 0 Å². The first-order valence-electron chi connectivity index (χ1n) is 5.05. The van der Waals surface area contributed by atoms with E-state index in [1.54, 1.807) is 6.08 Å². The summed E-state index contributed by atoms with van der Waals surface area (Å²) < 4.78 is 4.56. The Bertz CT molecular complexity index is 536. The molecule has 0 spiro atoms. The van der Waals surface area contributed by atoms with Crippen LogP contribution in [0.2, 0.25) is 0 Å². The maximum Gasteiger partial charge on any atom is 0.330 e. The van der Waals surface area contributed by atoms with Crippen LogP contribution in [0, 0.1) is 0 Å². The van der Waals surface area contributed by atoms with Crippen molar-refractivity contribution >= 4 is 22.8 Å². The summed E-state index contributed by atoms with van der Waals surface area (Å²) in [5.41, 5.74) is 1.02. The van der Waals surface area contributed by atoms with E-state index < -0.39 is 0 Å². The molecule has 0 N–H and O–H groups in total. The van der Waals surface area contributed by atoms with Gasteiger partial charge in [-0.15, -0.1) is 0 Å². The molecule has 0 fully saturated rings. The van der Waals surface area contributed by atoms with E-state index in [0.29, 0.717) is 0 Å². The molecule has 0 aliphatic carbocycles. The smallest absolute Gasteiger partial charge is 0.330 e. The molecule has 0 aromatic heterocycles. The Hall–Kier alpha value is -2.09. The number of benzene rings is 2. The molecule has 2 rings (SSSR count). The standard InChI is InChI=1S/C14H12O2/c1-16-14(15)10-9-12-7-4-6-11-5-2-3-8-13(11)12/h2-10H,1H3/b10-9+. The lowest BCUT2D eigenvalue weighted by Gasteiger charge is -2.01. The molecule has 2 aromatic carbocycles. The number of ether oxygens (including phenoxy) is 1. The second-order valence-electron chi connectivity index (χ2n) is 3.42. The Labute approximate surface area is 94.2 Å². The maximum atomic E-state index is 11.0. The number of methoxy groups -OCH3 is 1. The van der Waals surface area contributed by atoms with E-state index in [2.05, 4.69) is 4.74 Å². The van der Waals surface area contributed by atoms with E-state index in [1.807, 2.05) is 42.5 Å². The number of esters is 1. The van der Waals surface area contributed by atoms with Crippen LogP contribution in [0.4, 0.5) is 0 Å². The van der Waals surface area contributed by atoms with Crippen molar-refractivity contribution in [3.63, 3.8) is 0 Å². The number of hydrogen-bond donors (Lipinski definition) is 0. The van der Waals surface area contributed by atoms with Gasteiger partial charge in [-0.3, -0.25) is 0 Å². The van der Waals surface area contributed by atoms with Crippen molar-refractivity contribution in [2.45, 2.75) is 0 Å². The molecule has 0 bridgehead atoms. The fraction of sp³-hybridized carbons (Fsp3) is 0.0714. The lowest BCUT2D eigenvalue weighted by atomic mass is 10.0. The zero-order valence-electron chi connectivity index (χ0n) is 9.01. The zero-order chi connectivity index (χ0) is 11.4. The molecule has 0 atom stereocenters. The first-order chi connectivity index (χ1) is 7.81. The van der Waals surface area contributed by atoms with Crippen molar-refractivity contribution in [2.75, 3.05) is 7.11 Å². The number of fused-ring (bicyclic) bond motifs is 1. The van der Waals surface area contributed by atoms with E-state index >= 15 is 0 Å². The van der Waals surface area contributed by atoms with E-state index in [1.165, 1.54) is 13.2 Å². The van der Waals surface area contributed by atoms with E-state index in [9.17, 15) is 4.79 Å². The first-order valence-corrected chi connectivity index (χ1v) is 5.05. The highest BCUT2D eigenvalue weighted by molar-refractivity contribution is 5.94. The van der Waals surface area contributed by atoms with Crippen LogP contribution in [0.15, 0.2) is 48.5 Å². The average molecular weight is 212 g/mol. The van der Waals surface area contributed by atoms with Gasteiger partial charge in [0.1, 0.15) is 0 Å². The fourth-order valence-electron chi connectivity index (χ4n) is 1.62. The minimum atomic E-state index is -0.340. The van der Waals surface area contributed by atoms with Gasteiger partial charge in [0.2, 0.25) is 0 Å². The molecule has 2 heteroatoms. The van der Waals surface area contributed by atoms with Crippen LogP contribution in [0.5, 0.6) is 0 Å². The summed E-state index contributed by atoms with van der Waals surface area (Å²) in [4.78, 5) is 11.0. The third-order valence-electron chi connectivity index (χ3n) is 2.42. The first kappa shape index (κ1) is 10.4. The number of carbonyl (C=O) groups excluding carboxylic acids is 1. The molecule has 0 aliphatic heterocycles. The van der Waals surface area contributed by atoms with Crippen molar-refractivity contribution < 1.29 is 9.53 Å². The summed E-state index contributed by atoms with van der Waals surface area (Å²) in [5, 5.41) is 2.29. The maximum absolute atomic E-state index is 11.0. The monoisotopic (exact) mass is 212 g/mol. The minimum Gasteiger partial charge on any atom is -0.466 e. The predicted octanol–water partition coefficient (Wildman–Crippen LogP) is 3.03. The largest absolute Gasteiger partial charge is 0.466 e. The number of carbonyl (C=O) groups is 1. The van der Waals surface area contributed by atoms with Crippen molar-refractivity contribution in [1.82, 2.24) is 0 Å². The highest BCUT2D eigenvalue weighted by atomic mass is 16.5. The van der Waals surface area contributed by atoms with E-state index in [-0.39, 0.29) is 5.97 Å². The van der Waals surface area contributed by atoms with Gasteiger partial charge < -0.3 is 4.74 Å². The van der Waals surface area contributed by atoms with Gasteiger partial charge in [-0.25, -0.2) is 4.79 Å². The van der Waals surface area contributed by atoms with E-state index in [0.717, 1.165) is 16.3 Å². The van der Waals surface area contributed by atoms with Crippen molar-refractivity contribution in [2.24, 2.45) is 0 Å². The highest BCUT2D eigenvalue weighted by Gasteiger charge is 1.97. The van der Waals surface area contributed by atoms with Crippen molar-refractivity contribution in [1.29, 1.82) is 0 Å². The molecule has 2 aromatic rings. The molecule has 0 saturated carbocycles. The van der Waals surface area contributed by atoms with Gasteiger partial charge in [0.05, 0.1) is 7.11 Å².